The summed E-state index contributed by atoms with van der Waals surface area (Å²) in [6, 6.07) is 7.05. The van der Waals surface area contributed by atoms with E-state index in [0.717, 1.165) is 0 Å². The summed E-state index contributed by atoms with van der Waals surface area (Å²) in [5.74, 6) is 0.278. The normalized spacial score (nSPS) is 16.9. The first-order valence-electron chi connectivity index (χ1n) is 7.79. The zero-order chi connectivity index (χ0) is 17.1. The van der Waals surface area contributed by atoms with Crippen molar-refractivity contribution in [3.63, 3.8) is 0 Å². The van der Waals surface area contributed by atoms with Crippen LogP contribution in [0, 0.1) is 5.92 Å². The summed E-state index contributed by atoms with van der Waals surface area (Å²) in [7, 11) is 3.36. The highest BCUT2D eigenvalue weighted by atomic mass is 16.5. The molecule has 0 unspecified atom stereocenters. The number of aryl methyl sites for hydroxylation is 1. The van der Waals surface area contributed by atoms with E-state index in [4.69, 9.17) is 4.74 Å². The monoisotopic (exact) mass is 328 g/mol. The van der Waals surface area contributed by atoms with Crippen molar-refractivity contribution in [2.75, 3.05) is 25.5 Å². The molecule has 126 valence electrons. The molecule has 1 aromatic carbocycles. The highest BCUT2D eigenvalue weighted by Gasteiger charge is 2.31. The largest absolute Gasteiger partial charge is 0.497 e. The van der Waals surface area contributed by atoms with Gasteiger partial charge in [-0.25, -0.2) is 0 Å². The second-order valence-corrected chi connectivity index (χ2v) is 5.86. The first-order chi connectivity index (χ1) is 11.6. The average Bonchev–Trinajstić information content (AvgIpc) is 3.23. The average molecular weight is 328 g/mol. The van der Waals surface area contributed by atoms with E-state index in [0.29, 0.717) is 36.5 Å². The molecule has 1 aliphatic heterocycles. The van der Waals surface area contributed by atoms with E-state index in [9.17, 15) is 9.59 Å². The molecule has 0 radical (unpaired) electrons. The Morgan fingerprint density at radius 2 is 2.21 bits per heavy atom. The molecule has 7 nitrogen and oxygen atoms in total. The zero-order valence-corrected chi connectivity index (χ0v) is 13.7. The number of ether oxygens (including phenoxy) is 1. The van der Waals surface area contributed by atoms with Crippen molar-refractivity contribution in [1.29, 1.82) is 0 Å². The molecule has 1 fully saturated rings. The van der Waals surface area contributed by atoms with Gasteiger partial charge in [0, 0.05) is 31.9 Å². The first-order valence-corrected chi connectivity index (χ1v) is 7.79. The molecule has 0 aliphatic carbocycles. The fourth-order valence-corrected chi connectivity index (χ4v) is 2.83. The van der Waals surface area contributed by atoms with Crippen LogP contribution in [0.15, 0.2) is 36.7 Å². The number of carbonyl (C=O) groups is 2. The molecule has 1 aliphatic rings. The predicted octanol–water partition coefficient (Wildman–Crippen LogP) is 1.53. The standard InChI is InChI=1S/C17H20N4O3/c1-20-11-14(9-18-20)19-16(22)13-6-7-21(10-13)17(23)12-4-3-5-15(8-12)24-2/h3-5,8-9,11,13H,6-7,10H2,1-2H3,(H,19,22)/t13-/m1/s1. The van der Waals surface area contributed by atoms with Crippen molar-refractivity contribution in [2.24, 2.45) is 13.0 Å². The maximum atomic E-state index is 12.6. The van der Waals surface area contributed by atoms with E-state index in [1.54, 1.807) is 60.4 Å². The fourth-order valence-electron chi connectivity index (χ4n) is 2.83. The van der Waals surface area contributed by atoms with Crippen molar-refractivity contribution >= 4 is 17.5 Å². The Hall–Kier alpha value is -2.83. The Labute approximate surface area is 140 Å². The number of hydrogen-bond acceptors (Lipinski definition) is 4. The van der Waals surface area contributed by atoms with Crippen LogP contribution in [0.5, 0.6) is 5.75 Å². The Balaban J connectivity index is 1.61. The summed E-state index contributed by atoms with van der Waals surface area (Å²) in [6.07, 6.45) is 4.00. The van der Waals surface area contributed by atoms with E-state index >= 15 is 0 Å². The molecular weight excluding hydrogens is 308 g/mol. The molecule has 1 atom stereocenters. The van der Waals surface area contributed by atoms with Gasteiger partial charge in [0.2, 0.25) is 5.91 Å². The first kappa shape index (κ1) is 16.0. The predicted molar refractivity (Wildman–Crippen MR) is 88.8 cm³/mol. The molecule has 3 rings (SSSR count). The molecule has 2 amide bonds. The molecule has 0 spiro atoms. The van der Waals surface area contributed by atoms with Gasteiger partial charge in [0.05, 0.1) is 24.9 Å². The van der Waals surface area contributed by atoms with Crippen molar-refractivity contribution in [2.45, 2.75) is 6.42 Å². The summed E-state index contributed by atoms with van der Waals surface area (Å²) in [5, 5.41) is 6.86. The van der Waals surface area contributed by atoms with Gasteiger partial charge in [-0.1, -0.05) is 6.07 Å². The van der Waals surface area contributed by atoms with Gasteiger partial charge in [0.1, 0.15) is 5.75 Å². The molecular formula is C17H20N4O3. The van der Waals surface area contributed by atoms with Crippen LogP contribution in [-0.4, -0.2) is 46.7 Å². The molecule has 1 saturated heterocycles. The van der Waals surface area contributed by atoms with Gasteiger partial charge >= 0.3 is 0 Å². The van der Waals surface area contributed by atoms with Gasteiger partial charge in [0.15, 0.2) is 0 Å². The molecule has 7 heteroatoms. The fraction of sp³-hybridized carbons (Fsp3) is 0.353. The number of aromatic nitrogens is 2. The van der Waals surface area contributed by atoms with E-state index in [1.165, 1.54) is 0 Å². The summed E-state index contributed by atoms with van der Waals surface area (Å²) < 4.78 is 6.78. The Kier molecular flexibility index (Phi) is 4.50. The number of likely N-dealkylation sites (tertiary alicyclic amines) is 1. The number of nitrogens with one attached hydrogen (secondary N) is 1. The minimum Gasteiger partial charge on any atom is -0.497 e. The number of methoxy groups -OCH3 is 1. The quantitative estimate of drug-likeness (QED) is 0.923. The van der Waals surface area contributed by atoms with Crippen LogP contribution in [0.25, 0.3) is 0 Å². The van der Waals surface area contributed by atoms with Crippen LogP contribution in [0.2, 0.25) is 0 Å². The van der Waals surface area contributed by atoms with Crippen LogP contribution < -0.4 is 10.1 Å². The Morgan fingerprint density at radius 1 is 1.38 bits per heavy atom. The van der Waals surface area contributed by atoms with Gasteiger partial charge in [-0.05, 0) is 24.6 Å². The third-order valence-electron chi connectivity index (χ3n) is 4.14. The molecule has 0 bridgehead atoms. The van der Waals surface area contributed by atoms with E-state index in [2.05, 4.69) is 10.4 Å². The summed E-state index contributed by atoms with van der Waals surface area (Å²) in [6.45, 7) is 0.989. The lowest BCUT2D eigenvalue weighted by Gasteiger charge is -2.16. The SMILES string of the molecule is COc1cccc(C(=O)N2CC[C@@H](C(=O)Nc3cnn(C)c3)C2)c1. The second kappa shape index (κ2) is 6.74. The highest BCUT2D eigenvalue weighted by Crippen LogP contribution is 2.22. The number of nitrogens with zero attached hydrogens (tertiary/aromatic N) is 3. The zero-order valence-electron chi connectivity index (χ0n) is 13.7. The van der Waals surface area contributed by atoms with Crippen LogP contribution in [0.4, 0.5) is 5.69 Å². The lowest BCUT2D eigenvalue weighted by atomic mass is 10.1. The third-order valence-corrected chi connectivity index (χ3v) is 4.14. The maximum Gasteiger partial charge on any atom is 0.254 e. The lowest BCUT2D eigenvalue weighted by molar-refractivity contribution is -0.119. The molecule has 24 heavy (non-hydrogen) atoms. The summed E-state index contributed by atoms with van der Waals surface area (Å²) >= 11 is 0. The van der Waals surface area contributed by atoms with Crippen LogP contribution >= 0.6 is 0 Å². The summed E-state index contributed by atoms with van der Waals surface area (Å²) in [4.78, 5) is 26.6. The van der Waals surface area contributed by atoms with Gasteiger partial charge < -0.3 is 15.0 Å². The van der Waals surface area contributed by atoms with Crippen molar-refractivity contribution in [3.8, 4) is 5.75 Å². The van der Waals surface area contributed by atoms with Crippen molar-refractivity contribution in [1.82, 2.24) is 14.7 Å². The second-order valence-electron chi connectivity index (χ2n) is 5.86. The minimum absolute atomic E-state index is 0.0782. The van der Waals surface area contributed by atoms with Crippen molar-refractivity contribution in [3.05, 3.63) is 42.2 Å². The summed E-state index contributed by atoms with van der Waals surface area (Å²) in [5.41, 5.74) is 1.24. The Bertz CT molecular complexity index is 756. The van der Waals surface area contributed by atoms with Gasteiger partial charge in [-0.3, -0.25) is 14.3 Å². The lowest BCUT2D eigenvalue weighted by Crippen LogP contribution is -2.31. The number of anilines is 1. The topological polar surface area (TPSA) is 76.5 Å². The number of benzene rings is 1. The van der Waals surface area contributed by atoms with Crippen LogP contribution in [0.1, 0.15) is 16.8 Å². The van der Waals surface area contributed by atoms with E-state index in [1.807, 2.05) is 0 Å². The highest BCUT2D eigenvalue weighted by molar-refractivity contribution is 5.97. The molecule has 2 heterocycles. The van der Waals surface area contributed by atoms with Gasteiger partial charge in [-0.2, -0.15) is 5.10 Å². The number of amides is 2. The molecule has 0 saturated carbocycles. The van der Waals surface area contributed by atoms with Crippen molar-refractivity contribution < 1.29 is 14.3 Å². The van der Waals surface area contributed by atoms with Crippen LogP contribution in [0.3, 0.4) is 0 Å². The number of rotatable bonds is 4. The van der Waals surface area contributed by atoms with Gasteiger partial charge in [-0.15, -0.1) is 0 Å². The number of hydrogen-bond donors (Lipinski definition) is 1. The van der Waals surface area contributed by atoms with Gasteiger partial charge in [0.25, 0.3) is 5.91 Å². The van der Waals surface area contributed by atoms with Crippen LogP contribution in [-0.2, 0) is 11.8 Å². The van der Waals surface area contributed by atoms with E-state index < -0.39 is 0 Å². The van der Waals surface area contributed by atoms with E-state index in [-0.39, 0.29) is 17.7 Å². The Morgan fingerprint density at radius 3 is 2.92 bits per heavy atom. The third kappa shape index (κ3) is 3.40. The molecule has 1 N–H and O–H groups in total. The molecule has 2 aromatic rings. The number of carbonyl (C=O) groups excluding carboxylic acids is 2. The smallest absolute Gasteiger partial charge is 0.254 e. The maximum absolute atomic E-state index is 12.6. The minimum atomic E-state index is -0.209. The molecule has 1 aromatic heterocycles.